The van der Waals surface area contributed by atoms with Gasteiger partial charge < -0.3 is 4.74 Å². The lowest BCUT2D eigenvalue weighted by Crippen LogP contribution is -2.10. The molecule has 0 saturated carbocycles. The second-order valence-electron chi connectivity index (χ2n) is 3.47. The largest absolute Gasteiger partial charge is 0.381 e. The Morgan fingerprint density at radius 2 is 2.67 bits per heavy atom. The first kappa shape index (κ1) is 7.80. The zero-order valence-electron chi connectivity index (χ0n) is 7.36. The molecule has 0 radical (unpaired) electrons. The predicted octanol–water partition coefficient (Wildman–Crippen LogP) is 1.23. The molecule has 0 aromatic carbocycles. The van der Waals surface area contributed by atoms with E-state index in [0.29, 0.717) is 5.92 Å². The van der Waals surface area contributed by atoms with Crippen molar-refractivity contribution in [1.29, 1.82) is 0 Å². The van der Waals surface area contributed by atoms with Gasteiger partial charge in [-0.25, -0.2) is 0 Å². The van der Waals surface area contributed by atoms with Crippen molar-refractivity contribution in [2.45, 2.75) is 19.9 Å². The number of aromatic nitrogens is 2. The van der Waals surface area contributed by atoms with Crippen LogP contribution in [0.2, 0.25) is 0 Å². The second-order valence-corrected chi connectivity index (χ2v) is 3.47. The molecule has 0 N–H and O–H groups in total. The summed E-state index contributed by atoms with van der Waals surface area (Å²) >= 11 is 0. The molecule has 3 nitrogen and oxygen atoms in total. The summed E-state index contributed by atoms with van der Waals surface area (Å²) in [6.45, 7) is 4.90. The van der Waals surface area contributed by atoms with Gasteiger partial charge in [-0.15, -0.1) is 0 Å². The van der Waals surface area contributed by atoms with Crippen molar-refractivity contribution in [3.8, 4) is 0 Å². The van der Waals surface area contributed by atoms with E-state index in [1.807, 2.05) is 10.9 Å². The quantitative estimate of drug-likeness (QED) is 0.660. The van der Waals surface area contributed by atoms with Gasteiger partial charge in [0.2, 0.25) is 0 Å². The van der Waals surface area contributed by atoms with Crippen molar-refractivity contribution in [2.24, 2.45) is 5.92 Å². The van der Waals surface area contributed by atoms with Crippen molar-refractivity contribution in [1.82, 2.24) is 9.78 Å². The van der Waals surface area contributed by atoms with Crippen molar-refractivity contribution in [3.63, 3.8) is 0 Å². The SMILES string of the molecule is Cc1cnn(CC2CCOC2)c1. The Hall–Kier alpha value is -0.830. The molecular formula is C9H14N2O. The van der Waals surface area contributed by atoms with Crippen LogP contribution in [-0.2, 0) is 11.3 Å². The van der Waals surface area contributed by atoms with Crippen LogP contribution in [-0.4, -0.2) is 23.0 Å². The molecule has 3 heteroatoms. The van der Waals surface area contributed by atoms with E-state index in [-0.39, 0.29) is 0 Å². The highest BCUT2D eigenvalue weighted by atomic mass is 16.5. The van der Waals surface area contributed by atoms with Crippen LogP contribution < -0.4 is 0 Å². The zero-order valence-corrected chi connectivity index (χ0v) is 7.36. The Balaban J connectivity index is 1.94. The van der Waals surface area contributed by atoms with Gasteiger partial charge in [-0.2, -0.15) is 5.10 Å². The molecule has 1 aromatic rings. The van der Waals surface area contributed by atoms with Crippen molar-refractivity contribution < 1.29 is 4.74 Å². The van der Waals surface area contributed by atoms with Crippen LogP contribution in [0.5, 0.6) is 0 Å². The van der Waals surface area contributed by atoms with Gasteiger partial charge in [0, 0.05) is 25.3 Å². The topological polar surface area (TPSA) is 27.1 Å². The standard InChI is InChI=1S/C9H14N2O/c1-8-4-10-11(5-8)6-9-2-3-12-7-9/h4-5,9H,2-3,6-7H2,1H3. The number of nitrogens with zero attached hydrogens (tertiary/aromatic N) is 2. The molecule has 2 heterocycles. The van der Waals surface area contributed by atoms with Gasteiger partial charge in [-0.05, 0) is 18.9 Å². The summed E-state index contributed by atoms with van der Waals surface area (Å²) in [6.07, 6.45) is 5.16. The first-order valence-electron chi connectivity index (χ1n) is 4.41. The summed E-state index contributed by atoms with van der Waals surface area (Å²) in [6, 6.07) is 0. The third kappa shape index (κ3) is 1.67. The maximum atomic E-state index is 5.29. The molecule has 1 aliphatic heterocycles. The Kier molecular flexibility index (Phi) is 2.13. The van der Waals surface area contributed by atoms with Gasteiger partial charge in [-0.1, -0.05) is 0 Å². The van der Waals surface area contributed by atoms with E-state index in [0.717, 1.165) is 19.8 Å². The predicted molar refractivity (Wildman–Crippen MR) is 45.9 cm³/mol. The lowest BCUT2D eigenvalue weighted by molar-refractivity contribution is 0.181. The van der Waals surface area contributed by atoms with Crippen LogP contribution >= 0.6 is 0 Å². The summed E-state index contributed by atoms with van der Waals surface area (Å²) in [4.78, 5) is 0. The number of rotatable bonds is 2. The minimum absolute atomic E-state index is 0.671. The van der Waals surface area contributed by atoms with Gasteiger partial charge in [0.1, 0.15) is 0 Å². The van der Waals surface area contributed by atoms with Crippen LogP contribution in [0, 0.1) is 12.8 Å². The average molecular weight is 166 g/mol. The van der Waals surface area contributed by atoms with Crippen molar-refractivity contribution in [3.05, 3.63) is 18.0 Å². The summed E-state index contributed by atoms with van der Waals surface area (Å²) in [7, 11) is 0. The smallest absolute Gasteiger partial charge is 0.0518 e. The van der Waals surface area contributed by atoms with Crippen molar-refractivity contribution >= 4 is 0 Å². The average Bonchev–Trinajstić information content (AvgIpc) is 2.63. The maximum absolute atomic E-state index is 5.29. The molecule has 0 aliphatic carbocycles. The summed E-state index contributed by atoms with van der Waals surface area (Å²) in [5.74, 6) is 0.671. The van der Waals surface area contributed by atoms with Gasteiger partial charge in [0.15, 0.2) is 0 Å². The first-order chi connectivity index (χ1) is 5.84. The zero-order chi connectivity index (χ0) is 8.39. The molecule has 1 unspecified atom stereocenters. The fourth-order valence-electron chi connectivity index (χ4n) is 1.56. The molecule has 0 spiro atoms. The fraction of sp³-hybridized carbons (Fsp3) is 0.667. The van der Waals surface area contributed by atoms with Crippen molar-refractivity contribution in [2.75, 3.05) is 13.2 Å². The Bertz CT molecular complexity index is 251. The lowest BCUT2D eigenvalue weighted by atomic mass is 10.1. The molecular weight excluding hydrogens is 152 g/mol. The normalized spacial score (nSPS) is 23.2. The van der Waals surface area contributed by atoms with Gasteiger partial charge in [0.25, 0.3) is 0 Å². The highest BCUT2D eigenvalue weighted by Gasteiger charge is 2.15. The van der Waals surface area contributed by atoms with E-state index in [1.165, 1.54) is 12.0 Å². The molecule has 1 aromatic heterocycles. The molecule has 66 valence electrons. The fourth-order valence-corrected chi connectivity index (χ4v) is 1.56. The van der Waals surface area contributed by atoms with E-state index in [2.05, 4.69) is 18.2 Å². The molecule has 1 atom stereocenters. The number of ether oxygens (including phenoxy) is 1. The second kappa shape index (κ2) is 3.27. The molecule has 1 aliphatic rings. The number of hydrogen-bond donors (Lipinski definition) is 0. The van der Waals surface area contributed by atoms with Gasteiger partial charge in [-0.3, -0.25) is 4.68 Å². The minimum Gasteiger partial charge on any atom is -0.381 e. The summed E-state index contributed by atoms with van der Waals surface area (Å²) in [5.41, 5.74) is 1.23. The van der Waals surface area contributed by atoms with Crippen LogP contribution in [0.15, 0.2) is 12.4 Å². The van der Waals surface area contributed by atoms with Crippen LogP contribution in [0.4, 0.5) is 0 Å². The highest BCUT2D eigenvalue weighted by molar-refractivity contribution is 4.99. The monoisotopic (exact) mass is 166 g/mol. The Morgan fingerprint density at radius 3 is 3.25 bits per heavy atom. The summed E-state index contributed by atoms with van der Waals surface area (Å²) in [5, 5.41) is 4.24. The minimum atomic E-state index is 0.671. The van der Waals surface area contributed by atoms with Crippen LogP contribution in [0.1, 0.15) is 12.0 Å². The first-order valence-corrected chi connectivity index (χ1v) is 4.41. The third-order valence-electron chi connectivity index (χ3n) is 2.23. The van der Waals surface area contributed by atoms with Gasteiger partial charge in [0.05, 0.1) is 12.8 Å². The summed E-state index contributed by atoms with van der Waals surface area (Å²) < 4.78 is 7.30. The molecule has 1 fully saturated rings. The van der Waals surface area contributed by atoms with E-state index in [9.17, 15) is 0 Å². The molecule has 1 saturated heterocycles. The highest BCUT2D eigenvalue weighted by Crippen LogP contribution is 2.14. The maximum Gasteiger partial charge on any atom is 0.0518 e. The van der Waals surface area contributed by atoms with Crippen LogP contribution in [0.25, 0.3) is 0 Å². The number of hydrogen-bond acceptors (Lipinski definition) is 2. The third-order valence-corrected chi connectivity index (χ3v) is 2.23. The van der Waals surface area contributed by atoms with E-state index >= 15 is 0 Å². The molecule has 12 heavy (non-hydrogen) atoms. The molecule has 2 rings (SSSR count). The Labute approximate surface area is 72.3 Å². The van der Waals surface area contributed by atoms with E-state index < -0.39 is 0 Å². The van der Waals surface area contributed by atoms with Gasteiger partial charge >= 0.3 is 0 Å². The lowest BCUT2D eigenvalue weighted by Gasteiger charge is -2.06. The van der Waals surface area contributed by atoms with E-state index in [1.54, 1.807) is 0 Å². The Morgan fingerprint density at radius 1 is 1.75 bits per heavy atom. The molecule has 0 bridgehead atoms. The van der Waals surface area contributed by atoms with Crippen LogP contribution in [0.3, 0.4) is 0 Å². The number of aryl methyl sites for hydroxylation is 1. The molecule has 0 amide bonds. The van der Waals surface area contributed by atoms with E-state index in [4.69, 9.17) is 4.74 Å².